The molecule has 0 unspecified atom stereocenters. The third-order valence-electron chi connectivity index (χ3n) is 3.51. The van der Waals surface area contributed by atoms with Crippen molar-refractivity contribution in [3.63, 3.8) is 0 Å². The Morgan fingerprint density at radius 2 is 2.00 bits per heavy atom. The molecular weight excluding hydrogens is 404 g/mol. The number of primary amides is 1. The number of carbonyl (C=O) groups is 3. The number of esters is 1. The van der Waals surface area contributed by atoms with Crippen molar-refractivity contribution >= 4 is 46.2 Å². The van der Waals surface area contributed by atoms with Crippen LogP contribution in [0.2, 0.25) is 0 Å². The maximum Gasteiger partial charge on any atom is 0.337 e. The van der Waals surface area contributed by atoms with Crippen molar-refractivity contribution < 1.29 is 24.2 Å². The lowest BCUT2D eigenvalue weighted by Crippen LogP contribution is -2.30. The van der Waals surface area contributed by atoms with Gasteiger partial charge in [-0.2, -0.15) is 4.37 Å². The molecule has 9 nitrogen and oxygen atoms in total. The molecule has 0 radical (unpaired) electrons. The predicted molar refractivity (Wildman–Crippen MR) is 107 cm³/mol. The Bertz CT molecular complexity index is 839. The number of thioether (sulfide) groups is 1. The highest BCUT2D eigenvalue weighted by molar-refractivity contribution is 7.98. The fraction of sp³-hybridized carbons (Fsp3) is 0.294. The SMILES string of the molecule is COC(=O)c1ccc(CSc2nsc(NC(=O)NCCCO)c2C(N)=O)cc1. The fourth-order valence-electron chi connectivity index (χ4n) is 2.11. The van der Waals surface area contributed by atoms with E-state index in [-0.39, 0.29) is 17.2 Å². The standard InChI is InChI=1S/C17H20N4O5S2/c1-26-16(24)11-5-3-10(4-6-11)9-27-15-12(13(18)23)14(28-21-15)20-17(25)19-7-2-8-22/h3-6,22H,2,7-9H2,1H3,(H2,18,23)(H2,19,20,25). The van der Waals surface area contributed by atoms with Gasteiger partial charge in [0.2, 0.25) is 0 Å². The van der Waals surface area contributed by atoms with Crippen LogP contribution in [0.3, 0.4) is 0 Å². The molecule has 2 rings (SSSR count). The number of amides is 3. The molecule has 0 atom stereocenters. The Kier molecular flexibility index (Phi) is 8.23. The van der Waals surface area contributed by atoms with Gasteiger partial charge in [0, 0.05) is 18.9 Å². The third-order valence-corrected chi connectivity index (χ3v) is 5.43. The molecule has 0 bridgehead atoms. The van der Waals surface area contributed by atoms with Crippen LogP contribution in [0.4, 0.5) is 9.80 Å². The van der Waals surface area contributed by atoms with Crippen LogP contribution >= 0.6 is 23.3 Å². The number of methoxy groups -OCH3 is 1. The van der Waals surface area contributed by atoms with E-state index in [0.29, 0.717) is 29.3 Å². The van der Waals surface area contributed by atoms with Crippen LogP contribution in [0.5, 0.6) is 0 Å². The number of benzene rings is 1. The molecule has 0 aliphatic carbocycles. The summed E-state index contributed by atoms with van der Waals surface area (Å²) in [5.41, 5.74) is 6.96. The maximum absolute atomic E-state index is 11.8. The highest BCUT2D eigenvalue weighted by atomic mass is 32.2. The minimum absolute atomic E-state index is 0.0330. The lowest BCUT2D eigenvalue weighted by molar-refractivity contribution is 0.0600. The molecule has 3 amide bonds. The van der Waals surface area contributed by atoms with Gasteiger partial charge in [0.1, 0.15) is 15.6 Å². The van der Waals surface area contributed by atoms with E-state index in [2.05, 4.69) is 19.7 Å². The van der Waals surface area contributed by atoms with Crippen molar-refractivity contribution in [1.29, 1.82) is 0 Å². The van der Waals surface area contributed by atoms with Crippen molar-refractivity contribution in [3.8, 4) is 0 Å². The Hall–Kier alpha value is -2.63. The topological polar surface area (TPSA) is 144 Å². The van der Waals surface area contributed by atoms with E-state index in [4.69, 9.17) is 10.8 Å². The van der Waals surface area contributed by atoms with Crippen LogP contribution in [0.25, 0.3) is 0 Å². The van der Waals surface area contributed by atoms with Crippen LogP contribution < -0.4 is 16.4 Å². The summed E-state index contributed by atoms with van der Waals surface area (Å²) in [5, 5.41) is 14.5. The molecule has 1 aromatic heterocycles. The molecule has 0 spiro atoms. The van der Waals surface area contributed by atoms with Crippen molar-refractivity contribution in [2.24, 2.45) is 5.73 Å². The molecule has 28 heavy (non-hydrogen) atoms. The molecule has 0 saturated heterocycles. The second-order valence-electron chi connectivity index (χ2n) is 5.49. The Balaban J connectivity index is 2.03. The first-order valence-electron chi connectivity index (χ1n) is 8.21. The molecule has 0 aliphatic rings. The van der Waals surface area contributed by atoms with Crippen LogP contribution in [-0.2, 0) is 10.5 Å². The van der Waals surface area contributed by atoms with E-state index in [9.17, 15) is 14.4 Å². The molecule has 150 valence electrons. The first-order valence-corrected chi connectivity index (χ1v) is 9.97. The predicted octanol–water partition coefficient (Wildman–Crippen LogP) is 1.82. The summed E-state index contributed by atoms with van der Waals surface area (Å²) in [6.45, 7) is 0.269. The van der Waals surface area contributed by atoms with E-state index in [1.807, 2.05) is 0 Å². The van der Waals surface area contributed by atoms with Gasteiger partial charge in [-0.1, -0.05) is 23.9 Å². The van der Waals surface area contributed by atoms with Gasteiger partial charge in [-0.05, 0) is 35.6 Å². The average Bonchev–Trinajstić information content (AvgIpc) is 3.09. The molecule has 11 heteroatoms. The molecule has 0 saturated carbocycles. The molecule has 1 heterocycles. The molecule has 1 aromatic carbocycles. The van der Waals surface area contributed by atoms with Crippen molar-refractivity contribution in [3.05, 3.63) is 41.0 Å². The summed E-state index contributed by atoms with van der Waals surface area (Å²) in [7, 11) is 1.32. The molecule has 0 fully saturated rings. The zero-order valence-electron chi connectivity index (χ0n) is 15.1. The third kappa shape index (κ3) is 5.94. The van der Waals surface area contributed by atoms with Crippen LogP contribution in [0, 0.1) is 0 Å². The monoisotopic (exact) mass is 424 g/mol. The number of urea groups is 1. The van der Waals surface area contributed by atoms with E-state index in [0.717, 1.165) is 17.1 Å². The number of aromatic nitrogens is 1. The molecular formula is C17H20N4O5S2. The number of hydrogen-bond donors (Lipinski definition) is 4. The Morgan fingerprint density at radius 1 is 1.29 bits per heavy atom. The number of ether oxygens (including phenoxy) is 1. The summed E-state index contributed by atoms with van der Waals surface area (Å²) < 4.78 is 8.86. The fourth-order valence-corrected chi connectivity index (χ4v) is 4.03. The highest BCUT2D eigenvalue weighted by Crippen LogP contribution is 2.33. The van der Waals surface area contributed by atoms with Crippen LogP contribution in [-0.4, -0.2) is 47.6 Å². The van der Waals surface area contributed by atoms with Gasteiger partial charge in [0.15, 0.2) is 0 Å². The summed E-state index contributed by atoms with van der Waals surface area (Å²) in [5.74, 6) is -0.612. The van der Waals surface area contributed by atoms with E-state index in [1.54, 1.807) is 24.3 Å². The second-order valence-corrected chi connectivity index (χ2v) is 7.23. The number of nitrogens with one attached hydrogen (secondary N) is 2. The van der Waals surface area contributed by atoms with E-state index < -0.39 is 17.9 Å². The number of carbonyl (C=O) groups excluding carboxylic acids is 3. The lowest BCUT2D eigenvalue weighted by Gasteiger charge is -2.06. The Morgan fingerprint density at radius 3 is 2.61 bits per heavy atom. The van der Waals surface area contributed by atoms with Gasteiger partial charge in [-0.3, -0.25) is 10.1 Å². The zero-order valence-corrected chi connectivity index (χ0v) is 16.7. The number of aliphatic hydroxyl groups is 1. The summed E-state index contributed by atoms with van der Waals surface area (Å²) in [6.07, 6.45) is 0.425. The number of hydrogen-bond acceptors (Lipinski definition) is 8. The quantitative estimate of drug-likeness (QED) is 0.273. The van der Waals surface area contributed by atoms with E-state index >= 15 is 0 Å². The number of nitrogens with two attached hydrogens (primary N) is 1. The van der Waals surface area contributed by atoms with Crippen molar-refractivity contribution in [2.75, 3.05) is 25.6 Å². The molecule has 2 aromatic rings. The van der Waals surface area contributed by atoms with Crippen LogP contribution in [0.1, 0.15) is 32.7 Å². The van der Waals surface area contributed by atoms with Gasteiger partial charge in [-0.25, -0.2) is 9.59 Å². The highest BCUT2D eigenvalue weighted by Gasteiger charge is 2.21. The van der Waals surface area contributed by atoms with Gasteiger partial charge >= 0.3 is 12.0 Å². The zero-order chi connectivity index (χ0) is 20.5. The van der Waals surface area contributed by atoms with Crippen LogP contribution in [0.15, 0.2) is 29.3 Å². The minimum Gasteiger partial charge on any atom is -0.465 e. The number of anilines is 1. The van der Waals surface area contributed by atoms with Crippen molar-refractivity contribution in [1.82, 2.24) is 9.69 Å². The molecule has 0 aliphatic heterocycles. The second kappa shape index (κ2) is 10.6. The molecule has 5 N–H and O–H groups in total. The van der Waals surface area contributed by atoms with Gasteiger partial charge in [0.05, 0.1) is 12.7 Å². The number of nitrogens with zero attached hydrogens (tertiary/aromatic N) is 1. The van der Waals surface area contributed by atoms with Gasteiger partial charge in [-0.15, -0.1) is 0 Å². The van der Waals surface area contributed by atoms with Gasteiger partial charge in [0.25, 0.3) is 5.91 Å². The lowest BCUT2D eigenvalue weighted by atomic mass is 10.1. The van der Waals surface area contributed by atoms with Crippen molar-refractivity contribution in [2.45, 2.75) is 17.2 Å². The first-order chi connectivity index (χ1) is 13.5. The number of aliphatic hydroxyl groups excluding tert-OH is 1. The number of rotatable bonds is 9. The first kappa shape index (κ1) is 21.7. The average molecular weight is 425 g/mol. The smallest absolute Gasteiger partial charge is 0.337 e. The largest absolute Gasteiger partial charge is 0.465 e. The normalized spacial score (nSPS) is 10.4. The summed E-state index contributed by atoms with van der Waals surface area (Å²) in [4.78, 5) is 35.1. The summed E-state index contributed by atoms with van der Waals surface area (Å²) in [6, 6.07) is 6.37. The Labute approximate surface area is 169 Å². The van der Waals surface area contributed by atoms with E-state index in [1.165, 1.54) is 18.9 Å². The van der Waals surface area contributed by atoms with Gasteiger partial charge < -0.3 is 20.9 Å². The minimum atomic E-state index is -0.692. The maximum atomic E-state index is 11.8. The summed E-state index contributed by atoms with van der Waals surface area (Å²) >= 11 is 2.26.